The molecule has 2 aromatic carbocycles. The van der Waals surface area contributed by atoms with Gasteiger partial charge in [0, 0.05) is 22.9 Å². The number of methoxy groups -OCH3 is 1. The van der Waals surface area contributed by atoms with E-state index in [9.17, 15) is 9.59 Å². The highest BCUT2D eigenvalue weighted by atomic mass is 16.5. The second kappa shape index (κ2) is 9.38. The lowest BCUT2D eigenvalue weighted by Gasteiger charge is -2.09. The molecule has 0 unspecified atom stereocenters. The first kappa shape index (κ1) is 21.2. The summed E-state index contributed by atoms with van der Waals surface area (Å²) in [4.78, 5) is 33.7. The Kier molecular flexibility index (Phi) is 6.21. The highest BCUT2D eigenvalue weighted by molar-refractivity contribution is 6.04. The molecule has 4 aromatic rings. The average Bonchev–Trinajstić information content (AvgIpc) is 3.27. The highest BCUT2D eigenvalue weighted by Gasteiger charge is 2.16. The van der Waals surface area contributed by atoms with Crippen LogP contribution in [0.1, 0.15) is 46.2 Å². The van der Waals surface area contributed by atoms with E-state index in [0.29, 0.717) is 28.5 Å². The van der Waals surface area contributed by atoms with E-state index in [-0.39, 0.29) is 5.91 Å². The van der Waals surface area contributed by atoms with Crippen molar-refractivity contribution in [2.75, 3.05) is 12.4 Å². The third-order valence-electron chi connectivity index (χ3n) is 4.99. The first-order chi connectivity index (χ1) is 15.6. The SMILES string of the molecule is CCCCc1cc(NC(=O)c2ccc(C(=O)OC)cc2)n2nc(-c3ccccc3)nc2n1. The van der Waals surface area contributed by atoms with E-state index >= 15 is 0 Å². The van der Waals surface area contributed by atoms with Crippen molar-refractivity contribution in [3.8, 4) is 11.4 Å². The van der Waals surface area contributed by atoms with Crippen LogP contribution < -0.4 is 5.32 Å². The van der Waals surface area contributed by atoms with Crippen molar-refractivity contribution in [2.45, 2.75) is 26.2 Å². The van der Waals surface area contributed by atoms with Gasteiger partial charge in [-0.25, -0.2) is 9.78 Å². The molecule has 32 heavy (non-hydrogen) atoms. The number of esters is 1. The molecule has 0 saturated heterocycles. The number of aromatic nitrogens is 4. The third kappa shape index (κ3) is 4.49. The van der Waals surface area contributed by atoms with Gasteiger partial charge in [0.15, 0.2) is 5.82 Å². The minimum atomic E-state index is -0.454. The molecular weight excluding hydrogens is 406 g/mol. The predicted octanol–water partition coefficient (Wildman–Crippen LogP) is 4.17. The second-order valence-corrected chi connectivity index (χ2v) is 7.27. The van der Waals surface area contributed by atoms with Crippen molar-refractivity contribution >= 4 is 23.5 Å². The van der Waals surface area contributed by atoms with E-state index in [0.717, 1.165) is 30.5 Å². The van der Waals surface area contributed by atoms with Crippen molar-refractivity contribution in [2.24, 2.45) is 0 Å². The summed E-state index contributed by atoms with van der Waals surface area (Å²) in [6.45, 7) is 2.11. The van der Waals surface area contributed by atoms with Crippen LogP contribution in [0, 0.1) is 0 Å². The number of carbonyl (C=O) groups is 2. The summed E-state index contributed by atoms with van der Waals surface area (Å²) in [5.41, 5.74) is 2.48. The van der Waals surface area contributed by atoms with Gasteiger partial charge in [-0.1, -0.05) is 43.7 Å². The zero-order valence-electron chi connectivity index (χ0n) is 17.9. The number of carbonyl (C=O) groups excluding carboxylic acids is 2. The first-order valence-electron chi connectivity index (χ1n) is 10.4. The van der Waals surface area contributed by atoms with Crippen molar-refractivity contribution in [3.63, 3.8) is 0 Å². The molecule has 0 aliphatic rings. The number of hydrogen-bond acceptors (Lipinski definition) is 6. The molecule has 0 aliphatic carbocycles. The number of hydrogen-bond donors (Lipinski definition) is 1. The van der Waals surface area contributed by atoms with Gasteiger partial charge in [0.25, 0.3) is 11.7 Å². The molecule has 0 spiro atoms. The number of nitrogens with zero attached hydrogens (tertiary/aromatic N) is 4. The molecule has 0 saturated carbocycles. The van der Waals surface area contributed by atoms with Crippen LogP contribution in [-0.4, -0.2) is 38.6 Å². The molecule has 1 N–H and O–H groups in total. The first-order valence-corrected chi connectivity index (χ1v) is 10.4. The molecule has 162 valence electrons. The number of aryl methyl sites for hydroxylation is 1. The van der Waals surface area contributed by atoms with Crippen LogP contribution in [0.25, 0.3) is 17.2 Å². The molecule has 0 radical (unpaired) electrons. The molecule has 0 aliphatic heterocycles. The lowest BCUT2D eigenvalue weighted by molar-refractivity contribution is 0.0600. The van der Waals surface area contributed by atoms with Crippen molar-refractivity contribution in [3.05, 3.63) is 77.5 Å². The summed E-state index contributed by atoms with van der Waals surface area (Å²) in [7, 11) is 1.32. The number of rotatable bonds is 7. The van der Waals surface area contributed by atoms with Gasteiger partial charge >= 0.3 is 5.97 Å². The number of unbranched alkanes of at least 4 members (excludes halogenated alkanes) is 1. The summed E-state index contributed by atoms with van der Waals surface area (Å²) < 4.78 is 6.24. The van der Waals surface area contributed by atoms with Crippen LogP contribution in [0.4, 0.5) is 5.82 Å². The maximum Gasteiger partial charge on any atom is 0.337 e. The van der Waals surface area contributed by atoms with Gasteiger partial charge < -0.3 is 10.1 Å². The van der Waals surface area contributed by atoms with Crippen LogP contribution in [0.5, 0.6) is 0 Å². The van der Waals surface area contributed by atoms with E-state index in [1.165, 1.54) is 7.11 Å². The Morgan fingerprint density at radius 3 is 2.41 bits per heavy atom. The number of ether oxygens (including phenoxy) is 1. The van der Waals surface area contributed by atoms with Crippen molar-refractivity contribution in [1.82, 2.24) is 19.6 Å². The highest BCUT2D eigenvalue weighted by Crippen LogP contribution is 2.20. The van der Waals surface area contributed by atoms with Gasteiger partial charge in [-0.15, -0.1) is 5.10 Å². The Labute approximate surface area is 185 Å². The van der Waals surface area contributed by atoms with Crippen LogP contribution in [0.3, 0.4) is 0 Å². The Balaban J connectivity index is 1.68. The molecule has 2 aromatic heterocycles. The zero-order chi connectivity index (χ0) is 22.5. The summed E-state index contributed by atoms with van der Waals surface area (Å²) in [5.74, 6) is 0.659. The molecule has 8 heteroatoms. The fourth-order valence-electron chi connectivity index (χ4n) is 3.27. The van der Waals surface area contributed by atoms with E-state index < -0.39 is 5.97 Å². The second-order valence-electron chi connectivity index (χ2n) is 7.27. The van der Waals surface area contributed by atoms with E-state index in [4.69, 9.17) is 4.74 Å². The molecule has 0 fully saturated rings. The molecule has 4 rings (SSSR count). The molecule has 0 atom stereocenters. The predicted molar refractivity (Wildman–Crippen MR) is 121 cm³/mol. The monoisotopic (exact) mass is 429 g/mol. The number of benzene rings is 2. The zero-order valence-corrected chi connectivity index (χ0v) is 17.9. The molecule has 1 amide bonds. The Morgan fingerprint density at radius 2 is 1.72 bits per heavy atom. The molecule has 0 bridgehead atoms. The summed E-state index contributed by atoms with van der Waals surface area (Å²) in [5, 5.41) is 7.48. The van der Waals surface area contributed by atoms with Crippen LogP contribution in [0.2, 0.25) is 0 Å². The molecular formula is C24H23N5O3. The van der Waals surface area contributed by atoms with Gasteiger partial charge in [0.1, 0.15) is 5.82 Å². The summed E-state index contributed by atoms with van der Waals surface area (Å²) in [6, 6.07) is 17.7. The van der Waals surface area contributed by atoms with E-state index in [1.807, 2.05) is 36.4 Å². The fraction of sp³-hybridized carbons (Fsp3) is 0.208. The fourth-order valence-corrected chi connectivity index (χ4v) is 3.27. The number of anilines is 1. The van der Waals surface area contributed by atoms with Crippen LogP contribution in [0.15, 0.2) is 60.7 Å². The van der Waals surface area contributed by atoms with Gasteiger partial charge in [0.05, 0.1) is 12.7 Å². The molecule has 2 heterocycles. The summed E-state index contributed by atoms with van der Waals surface area (Å²) in [6.07, 6.45) is 2.78. The summed E-state index contributed by atoms with van der Waals surface area (Å²) >= 11 is 0. The quantitative estimate of drug-likeness (QED) is 0.443. The van der Waals surface area contributed by atoms with Crippen LogP contribution >= 0.6 is 0 Å². The minimum Gasteiger partial charge on any atom is -0.465 e. The van der Waals surface area contributed by atoms with Gasteiger partial charge in [-0.05, 0) is 37.1 Å². The number of nitrogens with one attached hydrogen (secondary N) is 1. The largest absolute Gasteiger partial charge is 0.465 e. The molecule has 8 nitrogen and oxygen atoms in total. The Morgan fingerprint density at radius 1 is 1.00 bits per heavy atom. The normalized spacial score (nSPS) is 10.8. The number of amides is 1. The van der Waals surface area contributed by atoms with Crippen LogP contribution in [-0.2, 0) is 11.2 Å². The van der Waals surface area contributed by atoms with E-state index in [1.54, 1.807) is 28.8 Å². The third-order valence-corrected chi connectivity index (χ3v) is 4.99. The Bertz CT molecular complexity index is 1250. The minimum absolute atomic E-state index is 0.327. The van der Waals surface area contributed by atoms with Gasteiger partial charge in [-0.3, -0.25) is 4.79 Å². The number of fused-ring (bicyclic) bond motifs is 1. The lowest BCUT2D eigenvalue weighted by Crippen LogP contribution is -2.16. The van der Waals surface area contributed by atoms with Gasteiger partial charge in [-0.2, -0.15) is 9.50 Å². The lowest BCUT2D eigenvalue weighted by atomic mass is 10.1. The standard InChI is InChI=1S/C24H23N5O3/c1-3-4-10-19-15-20(26-22(30)17-11-13-18(14-12-17)23(31)32-2)29-24(25-19)27-21(28-29)16-8-6-5-7-9-16/h5-9,11-15H,3-4,10H2,1-2H3,(H,26,30). The topological polar surface area (TPSA) is 98.5 Å². The van der Waals surface area contributed by atoms with Crippen molar-refractivity contribution < 1.29 is 14.3 Å². The Hall–Kier alpha value is -4.07. The van der Waals surface area contributed by atoms with Gasteiger partial charge in [0.2, 0.25) is 0 Å². The maximum absolute atomic E-state index is 12.9. The average molecular weight is 429 g/mol. The van der Waals surface area contributed by atoms with Crippen molar-refractivity contribution in [1.29, 1.82) is 0 Å². The van der Waals surface area contributed by atoms with E-state index in [2.05, 4.69) is 27.3 Å². The smallest absolute Gasteiger partial charge is 0.337 e. The maximum atomic E-state index is 12.9.